The molecule has 0 bridgehead atoms. The molecule has 14 aromatic carbocycles. The Bertz CT molecular complexity index is 5980. The van der Waals surface area contributed by atoms with Gasteiger partial charge in [-0.25, -0.2) is 0 Å². The van der Waals surface area contributed by atoms with Gasteiger partial charge in [-0.2, -0.15) is 45.8 Å². The van der Waals surface area contributed by atoms with E-state index < -0.39 is 5.60 Å². The largest absolute Gasteiger partial charge is 2.00 e. The molecule has 0 saturated carbocycles. The Balaban J connectivity index is 0.000000242. The van der Waals surface area contributed by atoms with Crippen molar-refractivity contribution in [3.8, 4) is 44.5 Å². The summed E-state index contributed by atoms with van der Waals surface area (Å²) < 4.78 is 68.2. The monoisotopic (exact) mass is 2090 g/mol. The van der Waals surface area contributed by atoms with Gasteiger partial charge in [0.15, 0.2) is 5.78 Å². The van der Waals surface area contributed by atoms with Gasteiger partial charge in [0.1, 0.15) is 5.60 Å². The molecule has 0 spiro atoms. The van der Waals surface area contributed by atoms with Crippen LogP contribution >= 0.6 is 85.2 Å². The van der Waals surface area contributed by atoms with Crippen molar-refractivity contribution in [2.45, 2.75) is 134 Å². The number of hydrogen-bond acceptors (Lipinski definition) is 2. The van der Waals surface area contributed by atoms with E-state index in [0.29, 0.717) is 11.8 Å². The summed E-state index contributed by atoms with van der Waals surface area (Å²) in [6.45, 7) is 34.4. The van der Waals surface area contributed by atoms with Crippen LogP contribution in [0, 0.1) is 6.07 Å². The number of carbonyl (C=O) groups is 1. The fraction of sp³-hybridized carbons (Fsp3) is 0.191. The summed E-state index contributed by atoms with van der Waals surface area (Å²) in [5.74, 6) is 1.03. The minimum absolute atomic E-state index is 0. The molecule has 4 aliphatic carbocycles. The summed E-state index contributed by atoms with van der Waals surface area (Å²) in [5.41, 5.74) is 31.8. The summed E-state index contributed by atoms with van der Waals surface area (Å²) >= 11 is 20.0. The van der Waals surface area contributed by atoms with Gasteiger partial charge in [0, 0.05) is 88.5 Å². The zero-order valence-electron chi connectivity index (χ0n) is 73.6. The van der Waals surface area contributed by atoms with Crippen molar-refractivity contribution in [1.29, 1.82) is 0 Å². The number of rotatable bonds is 8. The van der Waals surface area contributed by atoms with Gasteiger partial charge in [-0.05, 0) is 199 Å². The number of fused-ring (bicyclic) bond motifs is 12. The zero-order valence-corrected chi connectivity index (χ0v) is 85.2. The first-order valence-electron chi connectivity index (χ1n) is 40.5. The van der Waals surface area contributed by atoms with Crippen molar-refractivity contribution >= 4 is 126 Å². The Morgan fingerprint density at radius 3 is 1.18 bits per heavy atom. The van der Waals surface area contributed by atoms with Crippen LogP contribution in [0.3, 0.4) is 0 Å². The molecule has 4 aliphatic rings. The Morgan fingerprint density at radius 2 is 0.711 bits per heavy atom. The van der Waals surface area contributed by atoms with Crippen LogP contribution in [0.1, 0.15) is 200 Å². The van der Waals surface area contributed by atoms with Gasteiger partial charge < -0.3 is 22.1 Å². The number of hydrogen-bond donors (Lipinski definition) is 1. The number of aliphatic hydroxyl groups is 1. The molecule has 128 heavy (non-hydrogen) atoms. The first kappa shape index (κ1) is 108. The van der Waals surface area contributed by atoms with E-state index in [2.05, 4.69) is 372 Å². The quantitative estimate of drug-likeness (QED) is 0.0541. The standard InChI is InChI=1S/C32H29Br.C23H21BrO.C23H21Br.C13H7BrO.C10H13.C9H9Cl.BrH.4F2.Mg.H3P/c1-5-22-10-12-23(13-11-22)21-32(25-16-14-24(15-17-25)31(2,3)4)29-9-7-6-8-27(29)28-19-18-26(33)20-30(28)32;1-22(2,3)15-8-10-16(11-9-15)23(25)20-7-5-4-6-18(20)19-13-12-17(24)14-21(19)23;1-23(2,3)16-10-8-15(9-11-16)22-20-7-5-4-6-18(20)19-13-12-17(24)14-21(19)22;14-8-5-6-10-9-3-1-2-4-11(9)13(15)12(10)7-8;1-10(2,3)9-7-5-4-6-8-9;1-2-8-3-5-9(7-10)6-4-8;;4*1-2;;/h5-20H,1,21H2,2-4H3;4-14,25H,1-3H3;4-14,22H,1-3H3;1-7H;5-8H,1-3H3;2-6H,1,7H2;1H;;;;;;1H3/q;;;;-1;;;;;;;+2;/p-1. The fourth-order valence-corrected chi connectivity index (χ4v) is 18.0. The molecule has 0 aliphatic heterocycles. The summed E-state index contributed by atoms with van der Waals surface area (Å²) in [7, 11) is 0. The molecule has 14 aromatic rings. The van der Waals surface area contributed by atoms with Crippen LogP contribution in [-0.2, 0) is 45.0 Å². The van der Waals surface area contributed by atoms with Gasteiger partial charge in [-0.15, -0.1) is 11.6 Å². The van der Waals surface area contributed by atoms with E-state index in [-0.39, 0.29) is 82.8 Å². The zero-order chi connectivity index (χ0) is 91.4. The maximum absolute atomic E-state index is 12.0. The van der Waals surface area contributed by atoms with E-state index in [1.54, 1.807) is 0 Å². The number of benzene rings is 14. The Hall–Kier alpha value is -8.48. The molecule has 18 rings (SSSR count). The molecule has 0 aromatic heterocycles. The minimum atomic E-state index is -1.12. The van der Waals surface area contributed by atoms with Gasteiger partial charge in [0.05, 0.1) is 5.41 Å². The van der Waals surface area contributed by atoms with Crippen LogP contribution in [0.5, 0.6) is 0 Å². The second kappa shape index (κ2) is 48.6. The van der Waals surface area contributed by atoms with E-state index in [4.69, 9.17) is 48.2 Å². The number of ketones is 1. The fourth-order valence-electron chi connectivity index (χ4n) is 16.4. The molecule has 660 valence electrons. The Morgan fingerprint density at radius 1 is 0.367 bits per heavy atom. The molecule has 4 atom stereocenters. The maximum atomic E-state index is 12.0. The molecule has 0 heterocycles. The molecule has 1 N–H and O–H groups in total. The summed E-state index contributed by atoms with van der Waals surface area (Å²) in [4.78, 5) is 12.0. The van der Waals surface area contributed by atoms with Gasteiger partial charge >= 0.3 is 23.1 Å². The van der Waals surface area contributed by atoms with Gasteiger partial charge in [-0.1, -0.05) is 415 Å². The molecule has 2 nitrogen and oxygen atoms in total. The van der Waals surface area contributed by atoms with E-state index in [1.807, 2.05) is 121 Å². The van der Waals surface area contributed by atoms with E-state index in [9.17, 15) is 9.90 Å². The first-order valence-corrected chi connectivity index (χ1v) is 44.2. The summed E-state index contributed by atoms with van der Waals surface area (Å²) in [6.07, 6.45) is 4.62. The van der Waals surface area contributed by atoms with Crippen molar-refractivity contribution in [1.82, 2.24) is 0 Å². The van der Waals surface area contributed by atoms with Crippen LogP contribution in [0.25, 0.3) is 56.7 Å². The predicted octanol–water partition coefficient (Wildman–Crippen LogP) is 31.4. The second-order valence-electron chi connectivity index (χ2n) is 34.7. The van der Waals surface area contributed by atoms with Gasteiger partial charge in [-0.3, -0.25) is 4.79 Å². The third-order valence-corrected chi connectivity index (χ3v) is 25.1. The topological polar surface area (TPSA) is 37.3 Å². The van der Waals surface area contributed by atoms with E-state index in [0.717, 1.165) is 91.1 Å². The van der Waals surface area contributed by atoms with Crippen LogP contribution in [0.15, 0.2) is 346 Å². The van der Waals surface area contributed by atoms with Crippen LogP contribution in [0.4, 0.5) is 36.6 Å². The molecule has 0 fully saturated rings. The molecule has 0 amide bonds. The Kier molecular flexibility index (Phi) is 41.1. The molecule has 4 unspecified atom stereocenters. The third-order valence-electron chi connectivity index (χ3n) is 22.8. The van der Waals surface area contributed by atoms with Crippen molar-refractivity contribution in [2.24, 2.45) is 0 Å². The van der Waals surface area contributed by atoms with Crippen LogP contribution in [-0.4, -0.2) is 33.9 Å². The van der Waals surface area contributed by atoms with E-state index in [1.165, 1.54) is 83.5 Å². The van der Waals surface area contributed by atoms with E-state index >= 15 is 0 Å². The van der Waals surface area contributed by atoms with Crippen LogP contribution in [0.2, 0.25) is 0 Å². The third kappa shape index (κ3) is 25.0. The maximum Gasteiger partial charge on any atom is 2.00 e. The number of alkyl halides is 1. The van der Waals surface area contributed by atoms with Crippen LogP contribution < -0.4 is 17.0 Å². The smallest absolute Gasteiger partial charge is 1.00 e. The SMILES string of the molecule is C=Cc1ccc(CC2(c3ccc(C(C)(C)C)cc3)c3ccccc3-c3ccc(Br)cc32)cc1.C=Cc1ccc(CCl)cc1.CC(C)(C)c1cc[c-]cc1.CC(C)(C)c1ccc(C2(O)c3ccccc3-c3ccc(Br)cc32)cc1.CC(C)(C)c1ccc(C2c3ccccc3-c3ccc(Br)cc32)cc1.FF.FF.FF.FF.O=C1c2ccccc2-c2ccc(Br)cc21.P.[Br-].[Mg+2]. The molecular weight excluding hydrogens is 2000 g/mol. The molecular formula is C110H103Br5ClF8MgO2P. The second-order valence-corrected chi connectivity index (χ2v) is 38.6. The van der Waals surface area contributed by atoms with Crippen molar-refractivity contribution in [3.05, 3.63) is 458 Å². The molecule has 0 radical (unpaired) electrons. The predicted molar refractivity (Wildman–Crippen MR) is 536 cm³/mol. The van der Waals surface area contributed by atoms with Crippen molar-refractivity contribution < 1.29 is 63.5 Å². The average Bonchev–Trinajstić information content (AvgIpc) is 1.55. The molecule has 0 saturated heterocycles. The summed E-state index contributed by atoms with van der Waals surface area (Å²) in [6, 6.07) is 114. The summed E-state index contributed by atoms with van der Waals surface area (Å²) in [5, 5.41) is 11.9. The van der Waals surface area contributed by atoms with Gasteiger partial charge in [0.2, 0.25) is 0 Å². The van der Waals surface area contributed by atoms with Crippen molar-refractivity contribution in [3.63, 3.8) is 0 Å². The first-order chi connectivity index (χ1) is 59.8. The Labute approximate surface area is 818 Å². The molecule has 18 heteroatoms. The number of halogens is 14. The average molecular weight is 2100 g/mol. The minimum Gasteiger partial charge on any atom is -1.00 e. The number of carbonyl (C=O) groups excluding carboxylic acids is 1. The van der Waals surface area contributed by atoms with Gasteiger partial charge in [0.25, 0.3) is 0 Å². The normalized spacial score (nSPS) is 14.3. The van der Waals surface area contributed by atoms with Crippen molar-refractivity contribution in [2.75, 3.05) is 0 Å².